The van der Waals surface area contributed by atoms with Crippen LogP contribution in [-0.4, -0.2) is 24.2 Å². The lowest BCUT2D eigenvalue weighted by molar-refractivity contribution is -0.205. The van der Waals surface area contributed by atoms with Crippen molar-refractivity contribution in [1.29, 1.82) is 0 Å². The Labute approximate surface area is 98.1 Å². The average Bonchev–Trinajstić information content (AvgIpc) is 2.91. The van der Waals surface area contributed by atoms with E-state index in [1.54, 1.807) is 0 Å². The van der Waals surface area contributed by atoms with Gasteiger partial charge in [-0.2, -0.15) is 0 Å². The number of epoxide rings is 1. The molecular weight excluding hydrogens is 228 g/mol. The summed E-state index contributed by atoms with van der Waals surface area (Å²) >= 11 is 0. The molecule has 2 unspecified atom stereocenters. The van der Waals surface area contributed by atoms with Crippen molar-refractivity contribution in [2.45, 2.75) is 19.2 Å². The molecule has 0 aromatic rings. The second-order valence-electron chi connectivity index (χ2n) is 3.15. The summed E-state index contributed by atoms with van der Waals surface area (Å²) in [6, 6.07) is 0. The summed E-state index contributed by atoms with van der Waals surface area (Å²) in [6.45, 7) is 11.4. The van der Waals surface area contributed by atoms with Crippen molar-refractivity contribution < 1.29 is 28.5 Å². The normalized spacial score (nSPS) is 25.4. The van der Waals surface area contributed by atoms with E-state index in [0.717, 1.165) is 12.3 Å². The van der Waals surface area contributed by atoms with Gasteiger partial charge in [0.1, 0.15) is 0 Å². The van der Waals surface area contributed by atoms with E-state index in [-0.39, 0.29) is 5.57 Å². The highest BCUT2D eigenvalue weighted by molar-refractivity contribution is 5.87. The molecular formula is C11H12O6. The molecule has 0 saturated carbocycles. The van der Waals surface area contributed by atoms with Crippen LogP contribution in [0.2, 0.25) is 0 Å². The largest absolute Gasteiger partial charge is 0.444 e. The van der Waals surface area contributed by atoms with Crippen molar-refractivity contribution in [3.63, 3.8) is 0 Å². The molecule has 0 spiro atoms. The minimum atomic E-state index is -1.77. The summed E-state index contributed by atoms with van der Waals surface area (Å²) < 4.78 is 19.3. The summed E-state index contributed by atoms with van der Waals surface area (Å²) in [5.74, 6) is -3.23. The van der Waals surface area contributed by atoms with Crippen LogP contribution in [0.1, 0.15) is 6.92 Å². The van der Waals surface area contributed by atoms with Crippen LogP contribution >= 0.6 is 0 Å². The molecule has 0 radical (unpaired) electrons. The summed E-state index contributed by atoms with van der Waals surface area (Å²) in [4.78, 5) is 22.2. The van der Waals surface area contributed by atoms with Gasteiger partial charge in [-0.05, 0) is 6.92 Å². The van der Waals surface area contributed by atoms with Gasteiger partial charge in [0.25, 0.3) is 0 Å². The van der Waals surface area contributed by atoms with Gasteiger partial charge in [-0.15, -0.1) is 0 Å². The number of hydrogen-bond donors (Lipinski definition) is 0. The first-order chi connectivity index (χ1) is 7.95. The molecule has 17 heavy (non-hydrogen) atoms. The zero-order valence-corrected chi connectivity index (χ0v) is 9.30. The van der Waals surface area contributed by atoms with E-state index in [2.05, 4.69) is 19.7 Å². The van der Waals surface area contributed by atoms with Gasteiger partial charge in [0, 0.05) is 11.6 Å². The van der Waals surface area contributed by atoms with Crippen molar-refractivity contribution >= 4 is 11.9 Å². The van der Waals surface area contributed by atoms with Crippen LogP contribution in [0.4, 0.5) is 0 Å². The number of ether oxygens (including phenoxy) is 4. The van der Waals surface area contributed by atoms with Gasteiger partial charge in [-0.25, -0.2) is 9.59 Å². The number of hydrogen-bond acceptors (Lipinski definition) is 6. The van der Waals surface area contributed by atoms with Gasteiger partial charge >= 0.3 is 24.2 Å². The fourth-order valence-corrected chi connectivity index (χ4v) is 0.877. The van der Waals surface area contributed by atoms with Crippen LogP contribution in [0.3, 0.4) is 0 Å². The number of esters is 2. The van der Waals surface area contributed by atoms with Crippen LogP contribution < -0.4 is 0 Å². The molecule has 1 rings (SSSR count). The van der Waals surface area contributed by atoms with E-state index < -0.39 is 24.2 Å². The predicted molar refractivity (Wildman–Crippen MR) is 56.1 cm³/mol. The Morgan fingerprint density at radius 1 is 1.41 bits per heavy atom. The van der Waals surface area contributed by atoms with Gasteiger partial charge in [-0.1, -0.05) is 19.7 Å². The topological polar surface area (TPSA) is 74.4 Å². The second-order valence-corrected chi connectivity index (χ2v) is 3.15. The Hall–Kier alpha value is -2.08. The second kappa shape index (κ2) is 4.84. The lowest BCUT2D eigenvalue weighted by Crippen LogP contribution is -2.27. The van der Waals surface area contributed by atoms with Gasteiger partial charge < -0.3 is 14.2 Å². The highest BCUT2D eigenvalue weighted by atomic mass is 17.0. The molecule has 1 aliphatic rings. The van der Waals surface area contributed by atoms with Gasteiger partial charge in [0.15, 0.2) is 0 Å². The Kier molecular flexibility index (Phi) is 3.69. The third kappa shape index (κ3) is 2.94. The smallest absolute Gasteiger partial charge is 0.434 e. The monoisotopic (exact) mass is 240 g/mol. The molecule has 0 amide bonds. The first-order valence-corrected chi connectivity index (χ1v) is 4.63. The lowest BCUT2D eigenvalue weighted by atomic mass is 10.4. The molecule has 0 aromatic heterocycles. The van der Waals surface area contributed by atoms with Gasteiger partial charge in [-0.3, -0.25) is 4.74 Å². The van der Waals surface area contributed by atoms with Crippen LogP contribution in [0.5, 0.6) is 0 Å². The standard InChI is InChI=1S/C11H12O6/c1-5-8(12)15-10-11(17-10,14-6-2)16-9(13)7(3)4/h5-6,10H,1-3H2,4H3. The Morgan fingerprint density at radius 2 is 2.06 bits per heavy atom. The van der Waals surface area contributed by atoms with Crippen LogP contribution in [0.15, 0.2) is 37.6 Å². The highest BCUT2D eigenvalue weighted by Gasteiger charge is 2.68. The minimum absolute atomic E-state index is 0.154. The molecule has 2 atom stereocenters. The molecule has 0 aromatic carbocycles. The lowest BCUT2D eigenvalue weighted by Gasteiger charge is -2.12. The first kappa shape index (κ1) is 13.0. The quantitative estimate of drug-likeness (QED) is 0.227. The van der Waals surface area contributed by atoms with E-state index in [1.807, 2.05) is 0 Å². The SMILES string of the molecule is C=COC1(OC(=O)C(=C)C)OC1OC(=O)C=C. The van der Waals surface area contributed by atoms with E-state index in [1.165, 1.54) is 6.92 Å². The zero-order valence-electron chi connectivity index (χ0n) is 9.30. The molecule has 1 fully saturated rings. The third-order valence-electron chi connectivity index (χ3n) is 1.72. The van der Waals surface area contributed by atoms with Gasteiger partial charge in [0.2, 0.25) is 0 Å². The number of carbonyl (C=O) groups excluding carboxylic acids is 2. The maximum Gasteiger partial charge on any atom is 0.444 e. The van der Waals surface area contributed by atoms with E-state index >= 15 is 0 Å². The fourth-order valence-electron chi connectivity index (χ4n) is 0.877. The predicted octanol–water partition coefficient (Wildman–Crippen LogP) is 1.01. The zero-order chi connectivity index (χ0) is 13.1. The highest BCUT2D eigenvalue weighted by Crippen LogP contribution is 2.40. The Balaban J connectivity index is 2.65. The van der Waals surface area contributed by atoms with Crippen molar-refractivity contribution in [1.82, 2.24) is 0 Å². The van der Waals surface area contributed by atoms with E-state index in [0.29, 0.717) is 0 Å². The Bertz CT molecular complexity index is 385. The molecule has 1 heterocycles. The number of rotatable bonds is 6. The molecule has 6 heteroatoms. The third-order valence-corrected chi connectivity index (χ3v) is 1.72. The molecule has 92 valence electrons. The summed E-state index contributed by atoms with van der Waals surface area (Å²) in [7, 11) is 0. The van der Waals surface area contributed by atoms with Crippen LogP contribution in [0, 0.1) is 0 Å². The molecule has 1 saturated heterocycles. The molecule has 6 nitrogen and oxygen atoms in total. The molecule has 1 aliphatic heterocycles. The number of carbonyl (C=O) groups is 2. The maximum atomic E-state index is 11.3. The first-order valence-electron chi connectivity index (χ1n) is 4.63. The Morgan fingerprint density at radius 3 is 2.53 bits per heavy atom. The maximum absolute atomic E-state index is 11.3. The van der Waals surface area contributed by atoms with Crippen LogP contribution in [-0.2, 0) is 28.5 Å². The van der Waals surface area contributed by atoms with Crippen molar-refractivity contribution in [2.75, 3.05) is 0 Å². The van der Waals surface area contributed by atoms with Crippen LogP contribution in [0.25, 0.3) is 0 Å². The summed E-state index contributed by atoms with van der Waals surface area (Å²) in [5, 5.41) is 0. The molecule has 0 aliphatic carbocycles. The molecule has 0 bridgehead atoms. The van der Waals surface area contributed by atoms with Gasteiger partial charge in [0.05, 0.1) is 6.26 Å². The minimum Gasteiger partial charge on any atom is -0.434 e. The van der Waals surface area contributed by atoms with Crippen molar-refractivity contribution in [3.05, 3.63) is 37.6 Å². The van der Waals surface area contributed by atoms with Crippen molar-refractivity contribution in [2.24, 2.45) is 0 Å². The van der Waals surface area contributed by atoms with E-state index in [4.69, 9.17) is 18.9 Å². The van der Waals surface area contributed by atoms with Crippen molar-refractivity contribution in [3.8, 4) is 0 Å². The molecule has 0 N–H and O–H groups in total. The summed E-state index contributed by atoms with van der Waals surface area (Å²) in [5.41, 5.74) is 0.154. The average molecular weight is 240 g/mol. The fraction of sp³-hybridized carbons (Fsp3) is 0.273. The summed E-state index contributed by atoms with van der Waals surface area (Å²) in [6.07, 6.45) is 0.809. The van der Waals surface area contributed by atoms with E-state index in [9.17, 15) is 9.59 Å².